The number of allylic oxidation sites excluding steroid dienone is 4. The van der Waals surface area contributed by atoms with Crippen LogP contribution in [-0.4, -0.2) is 45.3 Å². The van der Waals surface area contributed by atoms with Gasteiger partial charge in [0, 0.05) is 16.7 Å². The van der Waals surface area contributed by atoms with E-state index >= 15 is 4.39 Å². The second-order valence-corrected chi connectivity index (χ2v) is 11.1. The van der Waals surface area contributed by atoms with Gasteiger partial charge in [-0.2, -0.15) is 0 Å². The normalized spacial score (nSPS) is 50.3. The van der Waals surface area contributed by atoms with Crippen molar-refractivity contribution in [1.82, 2.24) is 0 Å². The Bertz CT molecular complexity index is 914. The first-order valence-corrected chi connectivity index (χ1v) is 12.2. The Kier molecular flexibility index (Phi) is 5.45. The predicted molar refractivity (Wildman–Crippen MR) is 122 cm³/mol. The van der Waals surface area contributed by atoms with Crippen molar-refractivity contribution in [2.75, 3.05) is 0 Å². The highest BCUT2D eigenvalue weighted by atomic mass is 32.1. The van der Waals surface area contributed by atoms with E-state index < -0.39 is 51.1 Å². The summed E-state index contributed by atoms with van der Waals surface area (Å²) in [5.41, 5.74) is -4.38. The lowest BCUT2D eigenvalue weighted by molar-refractivity contribution is -0.243. The SMILES string of the molecule is CC.CC1(C)O[C@@H]2CC3C4CCC5=CC(=O)C=CC5(C)[C@@]4(F)C(O)CC3(C)C2(C(=O)S)O1. The fourth-order valence-electron chi connectivity index (χ4n) is 7.68. The molecule has 5 rings (SSSR count). The van der Waals surface area contributed by atoms with Gasteiger partial charge in [0.2, 0.25) is 5.12 Å². The molecule has 32 heavy (non-hydrogen) atoms. The molecular weight excluding hydrogens is 431 g/mol. The van der Waals surface area contributed by atoms with Gasteiger partial charge < -0.3 is 14.6 Å². The first kappa shape index (κ1) is 24.1. The summed E-state index contributed by atoms with van der Waals surface area (Å²) in [5.74, 6) is -1.80. The Balaban J connectivity index is 0.00000119. The molecule has 8 atom stereocenters. The molecule has 0 aromatic carbocycles. The monoisotopic (exact) mass is 466 g/mol. The summed E-state index contributed by atoms with van der Waals surface area (Å²) in [7, 11) is 0. The number of hydrogen-bond acceptors (Lipinski definition) is 5. The molecule has 4 fully saturated rings. The number of alkyl halides is 1. The number of ketones is 1. The van der Waals surface area contributed by atoms with Crippen molar-refractivity contribution in [3.8, 4) is 0 Å². The zero-order chi connectivity index (χ0) is 23.9. The molecule has 1 saturated heterocycles. The maximum Gasteiger partial charge on any atom is 0.221 e. The summed E-state index contributed by atoms with van der Waals surface area (Å²) in [6, 6.07) is 0. The number of carbonyl (C=O) groups is 2. The second-order valence-electron chi connectivity index (χ2n) is 10.6. The molecule has 0 amide bonds. The highest BCUT2D eigenvalue weighted by Crippen LogP contribution is 2.72. The van der Waals surface area contributed by atoms with Crippen molar-refractivity contribution in [2.24, 2.45) is 22.7 Å². The van der Waals surface area contributed by atoms with Crippen LogP contribution in [0.15, 0.2) is 23.8 Å². The molecule has 1 aliphatic heterocycles. The van der Waals surface area contributed by atoms with E-state index in [2.05, 4.69) is 12.6 Å². The molecule has 0 bridgehead atoms. The standard InChI is InChI=1S/C23H29FO5S.C2H6/c1-19(2)28-17-10-15-14-6-5-12-9-13(25)7-8-20(12,3)22(14,24)16(26)11-21(15,4)23(17,29-19)18(27)30;1-2/h7-9,14-17,26H,5-6,10-11H2,1-4H3,(H,27,30);1-2H3/t14?,15?,16?,17-,20?,21?,22+,23?;/m1./s1. The van der Waals surface area contributed by atoms with Crippen molar-refractivity contribution in [1.29, 1.82) is 0 Å². The van der Waals surface area contributed by atoms with Gasteiger partial charge in [-0.3, -0.25) is 9.59 Å². The lowest BCUT2D eigenvalue weighted by Crippen LogP contribution is -2.69. The van der Waals surface area contributed by atoms with E-state index in [-0.39, 0.29) is 18.1 Å². The van der Waals surface area contributed by atoms with Gasteiger partial charge in [0.15, 0.2) is 22.8 Å². The summed E-state index contributed by atoms with van der Waals surface area (Å²) in [6.07, 6.45) is 4.35. The minimum Gasteiger partial charge on any atom is -0.390 e. The van der Waals surface area contributed by atoms with Gasteiger partial charge in [0.05, 0.1) is 12.2 Å². The number of fused-ring (bicyclic) bond motifs is 7. The lowest BCUT2D eigenvalue weighted by Gasteiger charge is -2.62. The number of halogens is 1. The summed E-state index contributed by atoms with van der Waals surface area (Å²) in [5, 5.41) is 10.9. The molecule has 3 saturated carbocycles. The van der Waals surface area contributed by atoms with Crippen LogP contribution >= 0.6 is 12.6 Å². The van der Waals surface area contributed by atoms with Crippen molar-refractivity contribution < 1.29 is 28.6 Å². The van der Waals surface area contributed by atoms with Gasteiger partial charge in [-0.25, -0.2) is 4.39 Å². The molecule has 178 valence electrons. The quantitative estimate of drug-likeness (QED) is 0.563. The molecule has 0 spiro atoms. The molecule has 7 heteroatoms. The molecule has 5 aliphatic rings. The van der Waals surface area contributed by atoms with Crippen LogP contribution in [0.4, 0.5) is 4.39 Å². The van der Waals surface area contributed by atoms with Crippen LogP contribution in [0.2, 0.25) is 0 Å². The predicted octanol–water partition coefficient (Wildman–Crippen LogP) is 4.34. The average Bonchev–Trinajstić information content (AvgIpc) is 3.12. The number of ether oxygens (including phenoxy) is 2. The molecule has 4 aliphatic carbocycles. The van der Waals surface area contributed by atoms with Crippen LogP contribution in [0.1, 0.15) is 67.2 Å². The number of rotatable bonds is 1. The van der Waals surface area contributed by atoms with Crippen molar-refractivity contribution in [2.45, 2.75) is 96.5 Å². The third-order valence-corrected chi connectivity index (χ3v) is 9.28. The second kappa shape index (κ2) is 7.24. The number of thiol groups is 1. The highest BCUT2D eigenvalue weighted by molar-refractivity contribution is 7.96. The van der Waals surface area contributed by atoms with Gasteiger partial charge in [-0.1, -0.05) is 32.4 Å². The van der Waals surface area contributed by atoms with Gasteiger partial charge in [0.1, 0.15) is 0 Å². The van der Waals surface area contributed by atoms with Crippen LogP contribution in [0.5, 0.6) is 0 Å². The third kappa shape index (κ3) is 2.68. The van der Waals surface area contributed by atoms with Crippen LogP contribution in [0, 0.1) is 22.7 Å². The first-order chi connectivity index (χ1) is 14.8. The molecule has 0 aromatic heterocycles. The number of aliphatic hydroxyl groups excluding tert-OH is 1. The molecule has 0 aromatic rings. The largest absolute Gasteiger partial charge is 0.390 e. The molecular formula is C25H35FO5S. The van der Waals surface area contributed by atoms with E-state index in [4.69, 9.17) is 9.47 Å². The molecule has 1 heterocycles. The van der Waals surface area contributed by atoms with E-state index in [1.54, 1.807) is 26.8 Å². The minimum absolute atomic E-state index is 0.0670. The fraction of sp³-hybridized carbons (Fsp3) is 0.760. The topological polar surface area (TPSA) is 72.8 Å². The maximum absolute atomic E-state index is 17.1. The van der Waals surface area contributed by atoms with Gasteiger partial charge >= 0.3 is 0 Å². The summed E-state index contributed by atoms with van der Waals surface area (Å²) < 4.78 is 29.5. The van der Waals surface area contributed by atoms with Crippen molar-refractivity contribution >= 4 is 23.5 Å². The van der Waals surface area contributed by atoms with E-state index in [1.807, 2.05) is 20.8 Å². The van der Waals surface area contributed by atoms with Crippen LogP contribution in [-0.2, 0) is 19.1 Å². The minimum atomic E-state index is -1.94. The van der Waals surface area contributed by atoms with E-state index in [0.717, 1.165) is 5.57 Å². The molecule has 5 nitrogen and oxygen atoms in total. The van der Waals surface area contributed by atoms with Crippen LogP contribution in [0.3, 0.4) is 0 Å². The fourth-order valence-corrected chi connectivity index (χ4v) is 8.12. The Morgan fingerprint density at radius 3 is 2.50 bits per heavy atom. The average molecular weight is 467 g/mol. The Morgan fingerprint density at radius 2 is 1.88 bits per heavy atom. The Labute approximate surface area is 195 Å². The Hall–Kier alpha value is -1.02. The Morgan fingerprint density at radius 1 is 1.22 bits per heavy atom. The summed E-state index contributed by atoms with van der Waals surface area (Å²) >= 11 is 4.20. The summed E-state index contributed by atoms with van der Waals surface area (Å²) in [6.45, 7) is 11.2. The summed E-state index contributed by atoms with van der Waals surface area (Å²) in [4.78, 5) is 24.8. The third-order valence-electron chi connectivity index (χ3n) is 8.95. The lowest BCUT2D eigenvalue weighted by atomic mass is 9.45. The van der Waals surface area contributed by atoms with Crippen molar-refractivity contribution in [3.63, 3.8) is 0 Å². The zero-order valence-corrected chi connectivity index (χ0v) is 20.7. The number of hydrogen-bond donors (Lipinski definition) is 2. The van der Waals surface area contributed by atoms with E-state index in [9.17, 15) is 14.7 Å². The molecule has 1 N–H and O–H groups in total. The van der Waals surface area contributed by atoms with Crippen LogP contribution < -0.4 is 0 Å². The first-order valence-electron chi connectivity index (χ1n) is 11.7. The zero-order valence-electron chi connectivity index (χ0n) is 19.8. The van der Waals surface area contributed by atoms with Crippen molar-refractivity contribution in [3.05, 3.63) is 23.8 Å². The van der Waals surface area contributed by atoms with Gasteiger partial charge in [-0.05, 0) is 64.5 Å². The van der Waals surface area contributed by atoms with E-state index in [1.165, 1.54) is 12.2 Å². The van der Waals surface area contributed by atoms with E-state index in [0.29, 0.717) is 19.3 Å². The van der Waals surface area contributed by atoms with Gasteiger partial charge in [-0.15, -0.1) is 12.6 Å². The smallest absolute Gasteiger partial charge is 0.221 e. The van der Waals surface area contributed by atoms with Crippen LogP contribution in [0.25, 0.3) is 0 Å². The van der Waals surface area contributed by atoms with Gasteiger partial charge in [0.25, 0.3) is 0 Å². The number of carbonyl (C=O) groups excluding carboxylic acids is 2. The maximum atomic E-state index is 17.1. The molecule has 6 unspecified atom stereocenters. The molecule has 0 radical (unpaired) electrons. The number of aliphatic hydroxyl groups is 1. The highest BCUT2D eigenvalue weighted by Gasteiger charge is 2.79.